The molecule has 1 aromatic heterocycles. The van der Waals surface area contributed by atoms with Gasteiger partial charge in [0.15, 0.2) is 11.6 Å². The van der Waals surface area contributed by atoms with Crippen molar-refractivity contribution in [2.24, 2.45) is 0 Å². The van der Waals surface area contributed by atoms with Crippen LogP contribution in [-0.4, -0.2) is 67.5 Å². The molecule has 0 amide bonds. The number of hydrogen-bond donors (Lipinski definition) is 2. The molecule has 8 nitrogen and oxygen atoms in total. The molecule has 1 fully saturated rings. The Morgan fingerprint density at radius 2 is 2.29 bits per heavy atom. The Hall–Kier alpha value is -1.03. The van der Waals surface area contributed by atoms with Gasteiger partial charge in [-0.05, 0) is 0 Å². The molecule has 9 heteroatoms. The summed E-state index contributed by atoms with van der Waals surface area (Å²) in [6, 6.07) is 0. The summed E-state index contributed by atoms with van der Waals surface area (Å²) in [7, 11) is -3.13. The van der Waals surface area contributed by atoms with E-state index in [1.54, 1.807) is 0 Å². The van der Waals surface area contributed by atoms with Crippen molar-refractivity contribution in [1.29, 1.82) is 0 Å². The van der Waals surface area contributed by atoms with Crippen molar-refractivity contribution in [3.63, 3.8) is 0 Å². The highest BCUT2D eigenvalue weighted by molar-refractivity contribution is 7.88. The summed E-state index contributed by atoms with van der Waals surface area (Å²) in [4.78, 5) is 6.61. The molecule has 1 aromatic rings. The molecule has 2 heterocycles. The zero-order valence-electron chi connectivity index (χ0n) is 12.7. The average molecular weight is 317 g/mol. The van der Waals surface area contributed by atoms with Gasteiger partial charge in [0.1, 0.15) is 6.10 Å². The average Bonchev–Trinajstić information content (AvgIpc) is 2.87. The van der Waals surface area contributed by atoms with E-state index in [1.807, 2.05) is 13.8 Å². The second-order valence-electron chi connectivity index (χ2n) is 5.56. The fourth-order valence-electron chi connectivity index (χ4n) is 2.15. The summed E-state index contributed by atoms with van der Waals surface area (Å²) < 4.78 is 30.3. The Morgan fingerprint density at radius 3 is 2.90 bits per heavy atom. The quantitative estimate of drug-likeness (QED) is 0.757. The Morgan fingerprint density at radius 1 is 1.52 bits per heavy atom. The number of H-pyrrole nitrogens is 1. The van der Waals surface area contributed by atoms with E-state index in [2.05, 4.69) is 24.8 Å². The molecule has 0 bridgehead atoms. The highest BCUT2D eigenvalue weighted by atomic mass is 32.2. The fourth-order valence-corrected chi connectivity index (χ4v) is 2.61. The van der Waals surface area contributed by atoms with E-state index >= 15 is 0 Å². The minimum atomic E-state index is -3.13. The van der Waals surface area contributed by atoms with Crippen LogP contribution in [0.15, 0.2) is 0 Å². The van der Waals surface area contributed by atoms with Crippen molar-refractivity contribution in [3.8, 4) is 0 Å². The molecule has 2 rings (SSSR count). The first kappa shape index (κ1) is 16.3. The molecule has 1 saturated heterocycles. The summed E-state index contributed by atoms with van der Waals surface area (Å²) in [6.07, 6.45) is 1.02. The molecule has 120 valence electrons. The number of aromatic amines is 1. The van der Waals surface area contributed by atoms with Crippen LogP contribution in [0.1, 0.15) is 37.5 Å². The van der Waals surface area contributed by atoms with Crippen molar-refractivity contribution in [3.05, 3.63) is 11.6 Å². The van der Waals surface area contributed by atoms with Crippen LogP contribution < -0.4 is 4.72 Å². The number of aromatic nitrogens is 3. The van der Waals surface area contributed by atoms with Gasteiger partial charge in [0, 0.05) is 32.1 Å². The van der Waals surface area contributed by atoms with Gasteiger partial charge in [-0.2, -0.15) is 5.10 Å². The summed E-state index contributed by atoms with van der Waals surface area (Å²) in [5, 5.41) is 7.12. The fraction of sp³-hybridized carbons (Fsp3) is 0.833. The number of nitrogens with one attached hydrogen (secondary N) is 2. The predicted octanol–water partition coefficient (Wildman–Crippen LogP) is -0.149. The molecule has 0 spiro atoms. The number of sulfonamides is 1. The van der Waals surface area contributed by atoms with E-state index in [1.165, 1.54) is 0 Å². The third-order valence-electron chi connectivity index (χ3n) is 3.28. The predicted molar refractivity (Wildman–Crippen MR) is 78.5 cm³/mol. The summed E-state index contributed by atoms with van der Waals surface area (Å²) in [6.45, 7) is 7.19. The highest BCUT2D eigenvalue weighted by Crippen LogP contribution is 2.20. The molecule has 0 unspecified atom stereocenters. The first-order valence-electron chi connectivity index (χ1n) is 7.06. The Balaban J connectivity index is 1.88. The van der Waals surface area contributed by atoms with E-state index in [9.17, 15) is 8.42 Å². The van der Waals surface area contributed by atoms with Crippen molar-refractivity contribution in [2.75, 3.05) is 39.0 Å². The molecule has 2 N–H and O–H groups in total. The molecule has 1 atom stereocenters. The maximum atomic E-state index is 11.0. The Labute approximate surface area is 125 Å². The first-order valence-corrected chi connectivity index (χ1v) is 8.95. The first-order chi connectivity index (χ1) is 9.85. The minimum Gasteiger partial charge on any atom is -0.368 e. The highest BCUT2D eigenvalue weighted by Gasteiger charge is 2.25. The maximum Gasteiger partial charge on any atom is 0.208 e. The van der Waals surface area contributed by atoms with Crippen LogP contribution >= 0.6 is 0 Å². The second kappa shape index (κ2) is 6.82. The van der Waals surface area contributed by atoms with Gasteiger partial charge >= 0.3 is 0 Å². The number of hydrogen-bond acceptors (Lipinski definition) is 6. The van der Waals surface area contributed by atoms with Gasteiger partial charge in [0.25, 0.3) is 0 Å². The molecule has 0 aliphatic carbocycles. The van der Waals surface area contributed by atoms with Gasteiger partial charge in [0.2, 0.25) is 10.0 Å². The van der Waals surface area contributed by atoms with Crippen molar-refractivity contribution < 1.29 is 13.2 Å². The van der Waals surface area contributed by atoms with Crippen molar-refractivity contribution >= 4 is 10.0 Å². The number of nitrogens with zero attached hydrogens (tertiary/aromatic N) is 3. The van der Waals surface area contributed by atoms with E-state index in [0.29, 0.717) is 26.2 Å². The Kier molecular flexibility index (Phi) is 5.31. The zero-order chi connectivity index (χ0) is 15.5. The van der Waals surface area contributed by atoms with E-state index in [4.69, 9.17) is 4.74 Å². The van der Waals surface area contributed by atoms with Gasteiger partial charge in [-0.25, -0.2) is 18.1 Å². The van der Waals surface area contributed by atoms with Crippen molar-refractivity contribution in [1.82, 2.24) is 24.8 Å². The second-order valence-corrected chi connectivity index (χ2v) is 7.39. The Bertz CT molecular complexity index is 557. The molecular formula is C12H23N5O3S. The standard InChI is InChI=1S/C12H23N5O3S/c1-9(2)11-14-12(16-15-11)10-8-17(6-7-20-10)5-4-13-21(3,18)19/h9-10,13H,4-8H2,1-3H3,(H,14,15,16)/t10-/m1/s1. The van der Waals surface area contributed by atoms with E-state index in [-0.39, 0.29) is 12.0 Å². The monoisotopic (exact) mass is 317 g/mol. The van der Waals surface area contributed by atoms with Gasteiger partial charge in [-0.15, -0.1) is 0 Å². The summed E-state index contributed by atoms with van der Waals surface area (Å²) >= 11 is 0. The minimum absolute atomic E-state index is 0.142. The zero-order valence-corrected chi connectivity index (χ0v) is 13.5. The van der Waals surface area contributed by atoms with Crippen LogP contribution in [-0.2, 0) is 14.8 Å². The topological polar surface area (TPSA) is 100 Å². The van der Waals surface area contributed by atoms with E-state index in [0.717, 1.165) is 24.4 Å². The van der Waals surface area contributed by atoms with Gasteiger partial charge < -0.3 is 4.74 Å². The third-order valence-corrected chi connectivity index (χ3v) is 4.01. The largest absolute Gasteiger partial charge is 0.368 e. The number of morpholine rings is 1. The lowest BCUT2D eigenvalue weighted by atomic mass is 10.2. The van der Waals surface area contributed by atoms with Crippen LogP contribution in [0.2, 0.25) is 0 Å². The SMILES string of the molecule is CC(C)c1n[nH]c([C@H]2CN(CCNS(C)(=O)=O)CCO2)n1. The van der Waals surface area contributed by atoms with Crippen LogP contribution in [0.4, 0.5) is 0 Å². The number of rotatable bonds is 6. The lowest BCUT2D eigenvalue weighted by Crippen LogP contribution is -2.42. The molecular weight excluding hydrogens is 294 g/mol. The van der Waals surface area contributed by atoms with Crippen molar-refractivity contribution in [2.45, 2.75) is 25.9 Å². The van der Waals surface area contributed by atoms with Gasteiger partial charge in [-0.1, -0.05) is 13.8 Å². The van der Waals surface area contributed by atoms with E-state index < -0.39 is 10.0 Å². The molecule has 1 aliphatic heterocycles. The van der Waals surface area contributed by atoms with Crippen LogP contribution in [0, 0.1) is 0 Å². The molecule has 21 heavy (non-hydrogen) atoms. The molecule has 0 radical (unpaired) electrons. The normalized spacial score (nSPS) is 21.0. The van der Waals surface area contributed by atoms with Gasteiger partial charge in [0.05, 0.1) is 12.9 Å². The molecule has 1 aliphatic rings. The summed E-state index contributed by atoms with van der Waals surface area (Å²) in [5.41, 5.74) is 0. The lowest BCUT2D eigenvalue weighted by Gasteiger charge is -2.31. The van der Waals surface area contributed by atoms with Crippen LogP contribution in [0.5, 0.6) is 0 Å². The summed E-state index contributed by atoms with van der Waals surface area (Å²) in [5.74, 6) is 1.79. The van der Waals surface area contributed by atoms with Gasteiger partial charge in [-0.3, -0.25) is 10.00 Å². The molecule has 0 aromatic carbocycles. The maximum absolute atomic E-state index is 11.0. The molecule has 0 saturated carbocycles. The smallest absolute Gasteiger partial charge is 0.208 e. The number of ether oxygens (including phenoxy) is 1. The van der Waals surface area contributed by atoms with Crippen LogP contribution in [0.25, 0.3) is 0 Å². The third kappa shape index (κ3) is 5.03. The lowest BCUT2D eigenvalue weighted by molar-refractivity contribution is -0.0333. The van der Waals surface area contributed by atoms with Crippen LogP contribution in [0.3, 0.4) is 0 Å².